The molecular weight excluding hydrogens is 383 g/mol. The van der Waals surface area contributed by atoms with Crippen LogP contribution in [0.4, 0.5) is 10.2 Å². The van der Waals surface area contributed by atoms with Gasteiger partial charge in [-0.2, -0.15) is 5.10 Å². The lowest BCUT2D eigenvalue weighted by atomic mass is 10.2. The smallest absolute Gasteiger partial charge is 0.165 e. The Balaban J connectivity index is 1.44. The highest BCUT2D eigenvalue weighted by Gasteiger charge is 2.20. The van der Waals surface area contributed by atoms with E-state index in [0.717, 1.165) is 60.6 Å². The van der Waals surface area contributed by atoms with E-state index < -0.39 is 0 Å². The van der Waals surface area contributed by atoms with Gasteiger partial charge in [0, 0.05) is 44.5 Å². The Labute approximate surface area is 176 Å². The van der Waals surface area contributed by atoms with Gasteiger partial charge in [0.15, 0.2) is 17.4 Å². The molecule has 1 fully saturated rings. The molecule has 0 N–H and O–H groups in total. The van der Waals surface area contributed by atoms with Gasteiger partial charge in [-0.05, 0) is 44.5 Å². The molecule has 1 aliphatic rings. The van der Waals surface area contributed by atoms with Gasteiger partial charge < -0.3 is 9.64 Å². The lowest BCUT2D eigenvalue weighted by Crippen LogP contribution is -2.46. The van der Waals surface area contributed by atoms with Crippen molar-refractivity contribution in [1.82, 2.24) is 24.6 Å². The van der Waals surface area contributed by atoms with Crippen LogP contribution in [0.1, 0.15) is 22.8 Å². The number of halogens is 1. The topological polar surface area (TPSA) is 59.3 Å². The molecule has 1 aromatic carbocycles. The molecule has 0 aliphatic carbocycles. The van der Waals surface area contributed by atoms with Crippen LogP contribution in [-0.4, -0.2) is 57.9 Å². The van der Waals surface area contributed by atoms with Crippen molar-refractivity contribution in [3.63, 3.8) is 0 Å². The normalized spacial score (nSPS) is 14.9. The van der Waals surface area contributed by atoms with Crippen LogP contribution in [0.3, 0.4) is 0 Å². The highest BCUT2D eigenvalue weighted by atomic mass is 19.1. The molecule has 3 heterocycles. The van der Waals surface area contributed by atoms with Crippen LogP contribution in [0.2, 0.25) is 0 Å². The predicted octanol–water partition coefficient (Wildman–Crippen LogP) is 3.06. The third-order valence-corrected chi connectivity index (χ3v) is 5.36. The second-order valence-corrected chi connectivity index (χ2v) is 7.70. The van der Waals surface area contributed by atoms with Crippen molar-refractivity contribution in [3.8, 4) is 11.6 Å². The summed E-state index contributed by atoms with van der Waals surface area (Å²) in [5.41, 5.74) is 2.97. The van der Waals surface area contributed by atoms with Crippen molar-refractivity contribution in [2.24, 2.45) is 0 Å². The second kappa shape index (κ2) is 8.39. The minimum Gasteiger partial charge on any atom is -0.494 e. The monoisotopic (exact) mass is 410 g/mol. The summed E-state index contributed by atoms with van der Waals surface area (Å²) in [7, 11) is 1.48. The van der Waals surface area contributed by atoms with E-state index in [1.54, 1.807) is 12.1 Å². The van der Waals surface area contributed by atoms with Gasteiger partial charge in [0.25, 0.3) is 0 Å². The SMILES string of the molecule is COc1ccc(CN2CCN(c3cc(-n4nc(C)cc4C)nc(C)n3)CC2)cc1F. The molecule has 1 aliphatic heterocycles. The highest BCUT2D eigenvalue weighted by Crippen LogP contribution is 2.21. The number of rotatable bonds is 5. The van der Waals surface area contributed by atoms with Crippen LogP contribution in [0.15, 0.2) is 30.3 Å². The minimum atomic E-state index is -0.318. The zero-order chi connectivity index (χ0) is 21.3. The number of piperazine rings is 1. The zero-order valence-corrected chi connectivity index (χ0v) is 17.9. The number of nitrogens with zero attached hydrogens (tertiary/aromatic N) is 6. The fourth-order valence-electron chi connectivity index (χ4n) is 3.87. The number of hydrogen-bond acceptors (Lipinski definition) is 6. The molecule has 30 heavy (non-hydrogen) atoms. The van der Waals surface area contributed by atoms with Crippen LogP contribution in [0.25, 0.3) is 5.82 Å². The van der Waals surface area contributed by atoms with E-state index in [1.165, 1.54) is 7.11 Å². The average molecular weight is 410 g/mol. The van der Waals surface area contributed by atoms with E-state index in [0.29, 0.717) is 6.54 Å². The molecule has 0 radical (unpaired) electrons. The lowest BCUT2D eigenvalue weighted by molar-refractivity contribution is 0.248. The second-order valence-electron chi connectivity index (χ2n) is 7.70. The standard InChI is InChI=1S/C22H27FN6O/c1-15-11-16(2)29(26-15)22-13-21(24-17(3)25-22)28-9-7-27(8-10-28)14-18-5-6-20(30-4)19(23)12-18/h5-6,11-13H,7-10,14H2,1-4H3. The largest absolute Gasteiger partial charge is 0.494 e. The van der Waals surface area contributed by atoms with Crippen LogP contribution < -0.4 is 9.64 Å². The number of anilines is 1. The van der Waals surface area contributed by atoms with Gasteiger partial charge in [0.2, 0.25) is 0 Å². The fraction of sp³-hybridized carbons (Fsp3) is 0.409. The van der Waals surface area contributed by atoms with Gasteiger partial charge in [-0.3, -0.25) is 4.90 Å². The molecule has 0 saturated carbocycles. The van der Waals surface area contributed by atoms with Crippen molar-refractivity contribution in [2.75, 3.05) is 38.2 Å². The molecule has 0 bridgehead atoms. The molecule has 0 spiro atoms. The molecule has 4 rings (SSSR count). The lowest BCUT2D eigenvalue weighted by Gasteiger charge is -2.35. The van der Waals surface area contributed by atoms with Crippen LogP contribution >= 0.6 is 0 Å². The maximum absolute atomic E-state index is 14.0. The van der Waals surface area contributed by atoms with Crippen molar-refractivity contribution >= 4 is 5.82 Å². The molecular formula is C22H27FN6O. The van der Waals surface area contributed by atoms with Gasteiger partial charge in [0.05, 0.1) is 12.8 Å². The third-order valence-electron chi connectivity index (χ3n) is 5.36. The van der Waals surface area contributed by atoms with E-state index in [-0.39, 0.29) is 11.6 Å². The molecule has 0 unspecified atom stereocenters. The Hall–Kier alpha value is -3.00. The summed E-state index contributed by atoms with van der Waals surface area (Å²) >= 11 is 0. The highest BCUT2D eigenvalue weighted by molar-refractivity contribution is 5.45. The maximum atomic E-state index is 14.0. The number of aryl methyl sites for hydroxylation is 3. The Kier molecular flexibility index (Phi) is 5.67. The Bertz CT molecular complexity index is 1040. The summed E-state index contributed by atoms with van der Waals surface area (Å²) in [6.07, 6.45) is 0. The van der Waals surface area contributed by atoms with Gasteiger partial charge in [0.1, 0.15) is 11.6 Å². The van der Waals surface area contributed by atoms with Gasteiger partial charge in [-0.25, -0.2) is 19.0 Å². The number of hydrogen-bond donors (Lipinski definition) is 0. The molecule has 7 nitrogen and oxygen atoms in total. The van der Waals surface area contributed by atoms with Gasteiger partial charge in [-0.1, -0.05) is 6.07 Å². The molecule has 158 valence electrons. The number of ether oxygens (including phenoxy) is 1. The average Bonchev–Trinajstić information content (AvgIpc) is 3.06. The number of methoxy groups -OCH3 is 1. The summed E-state index contributed by atoms with van der Waals surface area (Å²) in [5, 5.41) is 4.55. The first-order chi connectivity index (χ1) is 14.4. The zero-order valence-electron chi connectivity index (χ0n) is 17.9. The molecule has 1 saturated heterocycles. The van der Waals surface area contributed by atoms with E-state index in [1.807, 2.05) is 43.7 Å². The quantitative estimate of drug-likeness (QED) is 0.644. The maximum Gasteiger partial charge on any atom is 0.165 e. The van der Waals surface area contributed by atoms with Crippen LogP contribution in [0, 0.1) is 26.6 Å². The Morgan fingerprint density at radius 2 is 1.70 bits per heavy atom. The predicted molar refractivity (Wildman–Crippen MR) is 114 cm³/mol. The summed E-state index contributed by atoms with van der Waals surface area (Å²) < 4.78 is 20.8. The first kappa shape index (κ1) is 20.3. The summed E-state index contributed by atoms with van der Waals surface area (Å²) in [5.74, 6) is 2.40. The first-order valence-electron chi connectivity index (χ1n) is 10.1. The van der Waals surface area contributed by atoms with Crippen molar-refractivity contribution in [1.29, 1.82) is 0 Å². The summed E-state index contributed by atoms with van der Waals surface area (Å²) in [4.78, 5) is 13.8. The van der Waals surface area contributed by atoms with E-state index in [4.69, 9.17) is 4.74 Å². The van der Waals surface area contributed by atoms with Crippen LogP contribution in [-0.2, 0) is 6.54 Å². The molecule has 0 atom stereocenters. The Morgan fingerprint density at radius 1 is 0.967 bits per heavy atom. The van der Waals surface area contributed by atoms with Crippen molar-refractivity contribution < 1.29 is 9.13 Å². The van der Waals surface area contributed by atoms with Crippen molar-refractivity contribution in [2.45, 2.75) is 27.3 Å². The van der Waals surface area contributed by atoms with Gasteiger partial charge >= 0.3 is 0 Å². The number of aromatic nitrogens is 4. The molecule has 3 aromatic rings. The minimum absolute atomic E-state index is 0.279. The molecule has 8 heteroatoms. The summed E-state index contributed by atoms with van der Waals surface area (Å²) in [6.45, 7) is 10.1. The molecule has 0 amide bonds. The molecule has 2 aromatic heterocycles. The van der Waals surface area contributed by atoms with Gasteiger partial charge in [-0.15, -0.1) is 0 Å². The first-order valence-corrected chi connectivity index (χ1v) is 10.1. The Morgan fingerprint density at radius 3 is 2.33 bits per heavy atom. The fourth-order valence-corrected chi connectivity index (χ4v) is 3.87. The number of benzene rings is 1. The van der Waals surface area contributed by atoms with Crippen molar-refractivity contribution in [3.05, 3.63) is 58.9 Å². The van der Waals surface area contributed by atoms with Crippen LogP contribution in [0.5, 0.6) is 5.75 Å². The van der Waals surface area contributed by atoms with E-state index in [9.17, 15) is 4.39 Å². The van der Waals surface area contributed by atoms with E-state index >= 15 is 0 Å². The third kappa shape index (κ3) is 4.28. The van der Waals surface area contributed by atoms with E-state index in [2.05, 4.69) is 24.9 Å². The summed E-state index contributed by atoms with van der Waals surface area (Å²) in [6, 6.07) is 9.20.